The summed E-state index contributed by atoms with van der Waals surface area (Å²) in [4.78, 5) is 2.49. The molecule has 1 aliphatic heterocycles. The van der Waals surface area contributed by atoms with Crippen LogP contribution in [0.2, 0.25) is 0 Å². The van der Waals surface area contributed by atoms with Gasteiger partial charge < -0.3 is 9.64 Å². The summed E-state index contributed by atoms with van der Waals surface area (Å²) < 4.78 is 44.5. The summed E-state index contributed by atoms with van der Waals surface area (Å²) in [6, 6.07) is 0.980. The molecule has 1 saturated heterocycles. The van der Waals surface area contributed by atoms with E-state index in [1.54, 1.807) is 0 Å². The molecular formula is C15H23ClF3N3O. The first kappa shape index (κ1) is 18.4. The van der Waals surface area contributed by atoms with Crippen molar-refractivity contribution in [1.82, 2.24) is 14.7 Å². The Hall–Kier alpha value is -0.950. The van der Waals surface area contributed by atoms with Gasteiger partial charge in [-0.15, -0.1) is 17.5 Å². The molecule has 2 atom stereocenters. The third kappa shape index (κ3) is 4.32. The van der Waals surface area contributed by atoms with Gasteiger partial charge in [-0.05, 0) is 50.6 Å². The highest BCUT2D eigenvalue weighted by Crippen LogP contribution is 2.36. The largest absolute Gasteiger partial charge is 0.476 e. The van der Waals surface area contributed by atoms with Gasteiger partial charge in [-0.1, -0.05) is 0 Å². The van der Waals surface area contributed by atoms with Crippen molar-refractivity contribution in [3.05, 3.63) is 11.8 Å². The quantitative estimate of drug-likeness (QED) is 0.813. The minimum atomic E-state index is -4.39. The fourth-order valence-electron chi connectivity index (χ4n) is 3.36. The molecule has 132 valence electrons. The average Bonchev–Trinajstić information content (AvgIpc) is 3.03. The number of aromatic nitrogens is 2. The molecule has 0 radical (unpaired) electrons. The Morgan fingerprint density at radius 3 is 2.39 bits per heavy atom. The summed E-state index contributed by atoms with van der Waals surface area (Å²) >= 11 is 0. The lowest BCUT2D eigenvalue weighted by molar-refractivity contribution is -0.143. The van der Waals surface area contributed by atoms with Crippen molar-refractivity contribution in [2.75, 3.05) is 26.2 Å². The Morgan fingerprint density at radius 2 is 1.87 bits per heavy atom. The van der Waals surface area contributed by atoms with E-state index in [-0.39, 0.29) is 18.3 Å². The maximum absolute atomic E-state index is 12.7. The number of likely N-dealkylation sites (tertiary alicyclic amines) is 1. The van der Waals surface area contributed by atoms with E-state index in [1.807, 2.05) is 0 Å². The van der Waals surface area contributed by atoms with E-state index < -0.39 is 11.9 Å². The second kappa shape index (κ2) is 7.30. The van der Waals surface area contributed by atoms with Crippen molar-refractivity contribution in [2.24, 2.45) is 18.9 Å². The van der Waals surface area contributed by atoms with Crippen molar-refractivity contribution in [1.29, 1.82) is 0 Å². The van der Waals surface area contributed by atoms with Crippen LogP contribution in [0.3, 0.4) is 0 Å². The van der Waals surface area contributed by atoms with Crippen LogP contribution < -0.4 is 4.74 Å². The van der Waals surface area contributed by atoms with Gasteiger partial charge in [0.05, 0.1) is 6.61 Å². The number of ether oxygens (including phenoxy) is 1. The first-order valence-corrected chi connectivity index (χ1v) is 7.90. The molecule has 0 spiro atoms. The Kier molecular flexibility index (Phi) is 5.84. The van der Waals surface area contributed by atoms with Crippen molar-refractivity contribution >= 4 is 12.4 Å². The second-order valence-corrected chi connectivity index (χ2v) is 6.41. The third-order valence-corrected chi connectivity index (χ3v) is 4.86. The van der Waals surface area contributed by atoms with Crippen LogP contribution >= 0.6 is 12.4 Å². The molecule has 1 saturated carbocycles. The third-order valence-electron chi connectivity index (χ3n) is 4.86. The number of aryl methyl sites for hydroxylation is 1. The van der Waals surface area contributed by atoms with Crippen LogP contribution in [-0.4, -0.2) is 40.9 Å². The van der Waals surface area contributed by atoms with E-state index in [4.69, 9.17) is 4.74 Å². The highest BCUT2D eigenvalue weighted by atomic mass is 35.5. The molecule has 0 bridgehead atoms. The zero-order chi connectivity index (χ0) is 15.7. The average molecular weight is 354 g/mol. The van der Waals surface area contributed by atoms with Gasteiger partial charge >= 0.3 is 6.18 Å². The van der Waals surface area contributed by atoms with E-state index in [0.717, 1.165) is 23.7 Å². The second-order valence-electron chi connectivity index (χ2n) is 6.41. The first-order valence-electron chi connectivity index (χ1n) is 7.90. The van der Waals surface area contributed by atoms with E-state index in [9.17, 15) is 13.2 Å². The van der Waals surface area contributed by atoms with Crippen LogP contribution in [-0.2, 0) is 13.2 Å². The molecule has 8 heteroatoms. The van der Waals surface area contributed by atoms with E-state index >= 15 is 0 Å². The van der Waals surface area contributed by atoms with Gasteiger partial charge in [0.1, 0.15) is 5.69 Å². The smallest absolute Gasteiger partial charge is 0.433 e. The van der Waals surface area contributed by atoms with E-state index in [2.05, 4.69) is 10.00 Å². The molecule has 23 heavy (non-hydrogen) atoms. The van der Waals surface area contributed by atoms with Crippen molar-refractivity contribution in [3.63, 3.8) is 0 Å². The van der Waals surface area contributed by atoms with Gasteiger partial charge in [-0.2, -0.15) is 13.2 Å². The molecule has 4 nitrogen and oxygen atoms in total. The monoisotopic (exact) mass is 353 g/mol. The minimum absolute atomic E-state index is 0. The highest BCUT2D eigenvalue weighted by Gasteiger charge is 2.36. The number of halogens is 4. The highest BCUT2D eigenvalue weighted by molar-refractivity contribution is 5.85. The predicted octanol–water partition coefficient (Wildman–Crippen LogP) is 3.36. The lowest BCUT2D eigenvalue weighted by Gasteiger charge is -2.38. The molecule has 2 heterocycles. The van der Waals surface area contributed by atoms with Crippen molar-refractivity contribution in [3.8, 4) is 5.88 Å². The zero-order valence-corrected chi connectivity index (χ0v) is 14.0. The molecule has 0 aromatic carbocycles. The topological polar surface area (TPSA) is 30.3 Å². The number of hydrogen-bond donors (Lipinski definition) is 0. The van der Waals surface area contributed by atoms with Crippen LogP contribution in [0.1, 0.15) is 31.4 Å². The van der Waals surface area contributed by atoms with Gasteiger partial charge in [-0.25, -0.2) is 0 Å². The molecular weight excluding hydrogens is 331 g/mol. The minimum Gasteiger partial charge on any atom is -0.476 e. The van der Waals surface area contributed by atoms with Gasteiger partial charge in [0.2, 0.25) is 5.88 Å². The van der Waals surface area contributed by atoms with Crippen molar-refractivity contribution < 1.29 is 17.9 Å². The molecule has 3 rings (SSSR count). The lowest BCUT2D eigenvalue weighted by atomic mass is 9.74. The van der Waals surface area contributed by atoms with Gasteiger partial charge in [0.15, 0.2) is 0 Å². The molecule has 1 aromatic heterocycles. The Balaban J connectivity index is 0.00000192. The Bertz CT molecular complexity index is 515. The number of alkyl halides is 3. The Labute approximate surface area is 140 Å². The lowest BCUT2D eigenvalue weighted by Crippen LogP contribution is -2.39. The fourth-order valence-corrected chi connectivity index (χ4v) is 3.36. The normalized spacial score (nSPS) is 25.0. The first-order chi connectivity index (χ1) is 10.4. The summed E-state index contributed by atoms with van der Waals surface area (Å²) in [5.41, 5.74) is -0.773. The van der Waals surface area contributed by atoms with Crippen molar-refractivity contribution in [2.45, 2.75) is 31.9 Å². The Morgan fingerprint density at radius 1 is 1.22 bits per heavy atom. The predicted molar refractivity (Wildman–Crippen MR) is 82.8 cm³/mol. The summed E-state index contributed by atoms with van der Waals surface area (Å²) in [5.74, 6) is 1.13. The molecule has 0 unspecified atom stereocenters. The molecule has 1 aliphatic carbocycles. The summed E-state index contributed by atoms with van der Waals surface area (Å²) in [6.07, 6.45) is 0.459. The molecule has 0 amide bonds. The number of rotatable bonds is 5. The summed E-state index contributed by atoms with van der Waals surface area (Å²) in [6.45, 7) is 3.93. The van der Waals surface area contributed by atoms with Crippen LogP contribution in [0.5, 0.6) is 5.88 Å². The molecule has 2 fully saturated rings. The van der Waals surface area contributed by atoms with Crippen LogP contribution in [0.15, 0.2) is 6.07 Å². The van der Waals surface area contributed by atoms with E-state index in [0.29, 0.717) is 18.4 Å². The van der Waals surface area contributed by atoms with Gasteiger partial charge in [-0.3, -0.25) is 4.68 Å². The number of nitrogens with zero attached hydrogens (tertiary/aromatic N) is 3. The van der Waals surface area contributed by atoms with E-state index in [1.165, 1.54) is 39.4 Å². The molecule has 1 aromatic rings. The maximum atomic E-state index is 12.7. The van der Waals surface area contributed by atoms with Crippen LogP contribution in [0.4, 0.5) is 13.2 Å². The SMILES string of the molecule is Cl.Cn1nc(OC[C@@H]2CC[C@@H]2CN2CCCC2)cc1C(F)(F)F. The summed E-state index contributed by atoms with van der Waals surface area (Å²) in [7, 11) is 1.29. The van der Waals surface area contributed by atoms with Gasteiger partial charge in [0.25, 0.3) is 0 Å². The fraction of sp³-hybridized carbons (Fsp3) is 0.800. The zero-order valence-electron chi connectivity index (χ0n) is 13.2. The molecule has 0 N–H and O–H groups in total. The van der Waals surface area contributed by atoms with Crippen LogP contribution in [0, 0.1) is 11.8 Å². The maximum Gasteiger partial charge on any atom is 0.433 e. The van der Waals surface area contributed by atoms with Crippen LogP contribution in [0.25, 0.3) is 0 Å². The molecule has 2 aliphatic rings. The number of hydrogen-bond acceptors (Lipinski definition) is 3. The summed E-state index contributed by atoms with van der Waals surface area (Å²) in [5, 5.41) is 3.80. The standard InChI is InChI=1S/C15H22F3N3O.ClH/c1-20-13(15(16,17)18)8-14(19-20)22-10-12-5-4-11(12)9-21-6-2-3-7-21;/h8,11-12H,2-7,9-10H2,1H3;1H/t11-,12+;/m1./s1. The van der Waals surface area contributed by atoms with Gasteiger partial charge in [0, 0.05) is 19.7 Å².